The van der Waals surface area contributed by atoms with Gasteiger partial charge < -0.3 is 18.0 Å². The number of rotatable bonds is 10. The van der Waals surface area contributed by atoms with E-state index in [4.69, 9.17) is 18.0 Å². The van der Waals surface area contributed by atoms with E-state index < -0.39 is 25.0 Å². The monoisotopic (exact) mass is 638 g/mol. The Bertz CT molecular complexity index is 954. The maximum atomic E-state index is 12.1. The van der Waals surface area contributed by atoms with Crippen molar-refractivity contribution in [3.63, 3.8) is 0 Å². The molecule has 4 saturated carbocycles. The topological polar surface area (TPSA) is 54.0 Å². The highest BCUT2D eigenvalue weighted by molar-refractivity contribution is 6.70. The van der Waals surface area contributed by atoms with Crippen molar-refractivity contribution in [2.24, 2.45) is 46.3 Å². The van der Waals surface area contributed by atoms with Gasteiger partial charge in [-0.05, 0) is 157 Å². The average Bonchev–Trinajstić information content (AvgIpc) is 3.20. The van der Waals surface area contributed by atoms with Gasteiger partial charge in [-0.15, -0.1) is 0 Å². The van der Waals surface area contributed by atoms with Crippen molar-refractivity contribution in [3.05, 3.63) is 0 Å². The van der Waals surface area contributed by atoms with Gasteiger partial charge in [0.1, 0.15) is 0 Å². The predicted molar refractivity (Wildman–Crippen MR) is 181 cm³/mol. The highest BCUT2D eigenvalue weighted by Crippen LogP contribution is 2.69. The molecule has 0 aromatic carbocycles. The second kappa shape index (κ2) is 12.3. The van der Waals surface area contributed by atoms with E-state index in [0.29, 0.717) is 42.1 Å². The zero-order valence-electron chi connectivity index (χ0n) is 29.6. The molecular weight excluding hydrogens is 573 g/mol. The molecule has 0 aliphatic heterocycles. The minimum Gasteiger partial charge on any atom is -0.469 e. The molecule has 42 heavy (non-hydrogen) atoms. The lowest BCUT2D eigenvalue weighted by molar-refractivity contribution is -0.192. The second-order valence-corrected chi connectivity index (χ2v) is 31.5. The van der Waals surface area contributed by atoms with Crippen molar-refractivity contribution in [3.8, 4) is 0 Å². The van der Waals surface area contributed by atoms with Crippen LogP contribution in [0.25, 0.3) is 0 Å². The summed E-state index contributed by atoms with van der Waals surface area (Å²) >= 11 is 0. The maximum absolute atomic E-state index is 12.1. The first-order valence-electron chi connectivity index (χ1n) is 17.3. The first-order valence-corrected chi connectivity index (χ1v) is 27.5. The quantitative estimate of drug-likeness (QED) is 0.176. The number of methoxy groups -OCH3 is 1. The second-order valence-electron chi connectivity index (χ2n) is 18.2. The van der Waals surface area contributed by atoms with Crippen molar-refractivity contribution < 1.29 is 22.8 Å². The van der Waals surface area contributed by atoms with E-state index in [1.807, 2.05) is 0 Å². The van der Waals surface area contributed by atoms with E-state index >= 15 is 0 Å². The number of hydrogen-bond donors (Lipinski definition) is 0. The number of fused-ring (bicyclic) bond motifs is 5. The first kappa shape index (κ1) is 34.9. The number of ether oxygens (including phenoxy) is 1. The molecule has 0 aromatic rings. The Balaban J connectivity index is 1.67. The Morgan fingerprint density at radius 1 is 0.786 bits per heavy atom. The molecule has 4 aliphatic carbocycles. The fraction of sp³-hybridized carbons (Fsp3) is 0.971. The van der Waals surface area contributed by atoms with Crippen LogP contribution in [0.15, 0.2) is 0 Å². The molecule has 0 aromatic heterocycles. The van der Waals surface area contributed by atoms with Crippen LogP contribution in [0.5, 0.6) is 0 Å². The van der Waals surface area contributed by atoms with Crippen molar-refractivity contribution in [1.29, 1.82) is 0 Å². The summed E-state index contributed by atoms with van der Waals surface area (Å²) in [6.45, 7) is 28.9. The van der Waals surface area contributed by atoms with Gasteiger partial charge in [-0.2, -0.15) is 0 Å². The van der Waals surface area contributed by atoms with Crippen LogP contribution in [0.3, 0.4) is 0 Å². The molecule has 0 bridgehead atoms. The van der Waals surface area contributed by atoms with Gasteiger partial charge in [-0.25, -0.2) is 0 Å². The summed E-state index contributed by atoms with van der Waals surface area (Å²) in [5.41, 5.74) is 0.441. The number of esters is 1. The van der Waals surface area contributed by atoms with Crippen LogP contribution in [-0.2, 0) is 22.8 Å². The Hall–Kier alpha value is 0.000649. The summed E-state index contributed by atoms with van der Waals surface area (Å²) in [4.78, 5) is 12.1. The standard InChI is InChI=1S/C34H66O5Si3/c1-23(14-19-31(35)36-4)25-17-18-26-24-15-16-27-32(39-42(11,12)13)29(37-40(5,6)7)20-21-33(27,2)28(24)22-30(34(25,26)3)38-41(8,9)10/h23-30,32H,14-22H2,1-13H3/t23?,24?,25-,26?,27-,28?,29-,30+,32-,33+,34-/m1/s1. The number of carbonyl (C=O) groups is 1. The smallest absolute Gasteiger partial charge is 0.305 e. The fourth-order valence-electron chi connectivity index (χ4n) is 10.6. The highest BCUT2D eigenvalue weighted by atomic mass is 28.4. The van der Waals surface area contributed by atoms with Crippen molar-refractivity contribution in [1.82, 2.24) is 0 Å². The predicted octanol–water partition coefficient (Wildman–Crippen LogP) is 9.11. The molecule has 0 N–H and O–H groups in total. The van der Waals surface area contributed by atoms with Gasteiger partial charge in [0, 0.05) is 6.42 Å². The van der Waals surface area contributed by atoms with E-state index in [-0.39, 0.29) is 29.0 Å². The summed E-state index contributed by atoms with van der Waals surface area (Å²) in [5, 5.41) is 0. The van der Waals surface area contributed by atoms with Gasteiger partial charge in [-0.1, -0.05) is 20.8 Å². The molecule has 0 amide bonds. The Morgan fingerprint density at radius 3 is 1.95 bits per heavy atom. The lowest BCUT2D eigenvalue weighted by atomic mass is 9.43. The minimum absolute atomic E-state index is 0.0739. The molecule has 0 heterocycles. The molecule has 4 unspecified atom stereocenters. The van der Waals surface area contributed by atoms with Gasteiger partial charge in [0.15, 0.2) is 25.0 Å². The van der Waals surface area contributed by atoms with Crippen LogP contribution in [0.4, 0.5) is 0 Å². The van der Waals surface area contributed by atoms with Crippen molar-refractivity contribution in [2.75, 3.05) is 7.11 Å². The molecule has 8 heteroatoms. The lowest BCUT2D eigenvalue weighted by Gasteiger charge is -2.65. The molecule has 244 valence electrons. The van der Waals surface area contributed by atoms with Gasteiger partial charge in [0.25, 0.3) is 0 Å². The van der Waals surface area contributed by atoms with E-state index in [1.54, 1.807) is 0 Å². The molecule has 0 saturated heterocycles. The molecular formula is C34H66O5Si3. The molecule has 5 nitrogen and oxygen atoms in total. The van der Waals surface area contributed by atoms with Gasteiger partial charge in [0.05, 0.1) is 25.4 Å². The van der Waals surface area contributed by atoms with Gasteiger partial charge in [0.2, 0.25) is 0 Å². The number of hydrogen-bond acceptors (Lipinski definition) is 5. The van der Waals surface area contributed by atoms with Gasteiger partial charge >= 0.3 is 5.97 Å². The zero-order chi connectivity index (χ0) is 31.5. The van der Waals surface area contributed by atoms with Crippen LogP contribution in [0.1, 0.15) is 78.6 Å². The van der Waals surface area contributed by atoms with E-state index in [9.17, 15) is 4.79 Å². The third-order valence-corrected chi connectivity index (χ3v) is 15.0. The third-order valence-electron chi connectivity index (χ3n) is 12.0. The summed E-state index contributed by atoms with van der Waals surface area (Å²) in [7, 11) is -3.70. The van der Waals surface area contributed by atoms with E-state index in [0.717, 1.165) is 18.8 Å². The molecule has 4 fully saturated rings. The van der Waals surface area contributed by atoms with Crippen molar-refractivity contribution in [2.45, 2.75) is 156 Å². The van der Waals surface area contributed by atoms with E-state index in [1.165, 1.54) is 45.6 Å². The number of carbonyl (C=O) groups excluding carboxylic acids is 1. The molecule has 0 spiro atoms. The van der Waals surface area contributed by atoms with Crippen LogP contribution >= 0.6 is 0 Å². The Morgan fingerprint density at radius 2 is 1.38 bits per heavy atom. The van der Waals surface area contributed by atoms with Crippen molar-refractivity contribution >= 4 is 30.9 Å². The Labute approximate surface area is 262 Å². The molecule has 11 atom stereocenters. The molecule has 0 radical (unpaired) electrons. The Kier molecular flexibility index (Phi) is 10.2. The molecule has 4 rings (SSSR count). The summed E-state index contributed by atoms with van der Waals surface area (Å²) in [5.74, 6) is 3.73. The SMILES string of the molecule is COC(=O)CCC(C)[C@H]1CCC2C3CC[C@@H]4[C@@H](O[Si](C)(C)C)[C@H](O[Si](C)(C)C)CC[C@]4(C)C3C[C@H](O[Si](C)(C)C)[C@@]21C. The summed E-state index contributed by atoms with van der Waals surface area (Å²) in [6.07, 6.45) is 11.0. The van der Waals surface area contributed by atoms with Crippen LogP contribution in [0, 0.1) is 46.3 Å². The largest absolute Gasteiger partial charge is 0.469 e. The maximum Gasteiger partial charge on any atom is 0.305 e. The van der Waals surface area contributed by atoms with Crippen LogP contribution in [-0.4, -0.2) is 56.3 Å². The van der Waals surface area contributed by atoms with Gasteiger partial charge in [-0.3, -0.25) is 4.79 Å². The van der Waals surface area contributed by atoms with E-state index in [2.05, 4.69) is 79.7 Å². The highest BCUT2D eigenvalue weighted by Gasteiger charge is 2.66. The normalized spacial score (nSPS) is 41.5. The fourth-order valence-corrected chi connectivity index (χ4v) is 14.1. The van der Waals surface area contributed by atoms with Crippen LogP contribution in [0.2, 0.25) is 58.9 Å². The summed E-state index contributed by atoms with van der Waals surface area (Å²) < 4.78 is 26.4. The summed E-state index contributed by atoms with van der Waals surface area (Å²) in [6, 6.07) is 0. The average molecular weight is 639 g/mol. The first-order chi connectivity index (χ1) is 19.2. The zero-order valence-corrected chi connectivity index (χ0v) is 32.6. The molecule has 4 aliphatic rings. The minimum atomic E-state index is -1.77. The third kappa shape index (κ3) is 7.19. The van der Waals surface area contributed by atoms with Crippen LogP contribution < -0.4 is 0 Å². The lowest BCUT2D eigenvalue weighted by Crippen LogP contribution is -2.64.